The van der Waals surface area contributed by atoms with Gasteiger partial charge in [-0.05, 0) is 47.9 Å². The molecule has 1 saturated heterocycles. The molecule has 1 N–H and O–H groups in total. The van der Waals surface area contributed by atoms with E-state index in [2.05, 4.69) is 71.7 Å². The second kappa shape index (κ2) is 9.23. The van der Waals surface area contributed by atoms with Crippen LogP contribution in [0, 0.1) is 0 Å². The van der Waals surface area contributed by atoms with Crippen LogP contribution in [0.5, 0.6) is 0 Å². The Bertz CT molecular complexity index is 1190. The van der Waals surface area contributed by atoms with Crippen LogP contribution >= 0.6 is 0 Å². The zero-order valence-electron chi connectivity index (χ0n) is 18.6. The van der Waals surface area contributed by atoms with Crippen LogP contribution in [0.25, 0.3) is 27.9 Å². The van der Waals surface area contributed by atoms with Crippen LogP contribution in [-0.2, 0) is 12.8 Å². The minimum Gasteiger partial charge on any atom is -0.393 e. The summed E-state index contributed by atoms with van der Waals surface area (Å²) in [5.74, 6) is 0. The molecule has 0 unspecified atom stereocenters. The average molecular weight is 427 g/mol. The third-order valence-corrected chi connectivity index (χ3v) is 6.56. The lowest BCUT2D eigenvalue weighted by Gasteiger charge is -2.29. The SMILES string of the molecule is CCc1cccc(-c2cnn3cc(-c4ccc(CCN5CCC(O)CC5)cc4)cnc23)c1. The Morgan fingerprint density at radius 2 is 1.75 bits per heavy atom. The number of likely N-dealkylation sites (tertiary alicyclic amines) is 1. The highest BCUT2D eigenvalue weighted by Crippen LogP contribution is 2.26. The number of piperidine rings is 1. The van der Waals surface area contributed by atoms with E-state index in [4.69, 9.17) is 4.98 Å². The predicted molar refractivity (Wildman–Crippen MR) is 129 cm³/mol. The number of nitrogens with zero attached hydrogens (tertiary/aromatic N) is 4. The highest BCUT2D eigenvalue weighted by Gasteiger charge is 2.16. The average Bonchev–Trinajstić information content (AvgIpc) is 3.27. The third kappa shape index (κ3) is 4.45. The lowest BCUT2D eigenvalue weighted by atomic mass is 10.0. The van der Waals surface area contributed by atoms with Crippen LogP contribution in [0.1, 0.15) is 30.9 Å². The number of benzene rings is 2. The van der Waals surface area contributed by atoms with Crippen LogP contribution < -0.4 is 0 Å². The lowest BCUT2D eigenvalue weighted by molar-refractivity contribution is 0.0832. The first-order valence-electron chi connectivity index (χ1n) is 11.6. The number of aryl methyl sites for hydroxylation is 1. The Kier molecular flexibility index (Phi) is 6.02. The summed E-state index contributed by atoms with van der Waals surface area (Å²) in [5, 5.41) is 14.2. The Labute approximate surface area is 189 Å². The first kappa shape index (κ1) is 20.9. The summed E-state index contributed by atoms with van der Waals surface area (Å²) in [4.78, 5) is 7.20. The summed E-state index contributed by atoms with van der Waals surface area (Å²) in [7, 11) is 0. The van der Waals surface area contributed by atoms with Gasteiger partial charge in [0.25, 0.3) is 0 Å². The summed E-state index contributed by atoms with van der Waals surface area (Å²) in [6.45, 7) is 5.22. The molecule has 4 aromatic rings. The maximum atomic E-state index is 9.66. The summed E-state index contributed by atoms with van der Waals surface area (Å²) < 4.78 is 1.88. The van der Waals surface area contributed by atoms with Crippen LogP contribution in [-0.4, -0.2) is 50.3 Å². The molecule has 5 rings (SSSR count). The zero-order valence-corrected chi connectivity index (χ0v) is 18.6. The van der Waals surface area contributed by atoms with Gasteiger partial charge in [0.2, 0.25) is 0 Å². The molecule has 0 aliphatic carbocycles. The summed E-state index contributed by atoms with van der Waals surface area (Å²) in [5.41, 5.74) is 7.97. The molecular formula is C27H30N4O. The monoisotopic (exact) mass is 426 g/mol. The number of aliphatic hydroxyl groups is 1. The van der Waals surface area contributed by atoms with Gasteiger partial charge in [0, 0.05) is 43.2 Å². The van der Waals surface area contributed by atoms with Crippen molar-refractivity contribution < 1.29 is 5.11 Å². The summed E-state index contributed by atoms with van der Waals surface area (Å²) in [6.07, 6.45) is 9.64. The van der Waals surface area contributed by atoms with Crippen molar-refractivity contribution in [1.29, 1.82) is 0 Å². The maximum Gasteiger partial charge on any atom is 0.162 e. The number of aliphatic hydroxyl groups excluding tert-OH is 1. The fourth-order valence-electron chi connectivity index (χ4n) is 4.48. The van der Waals surface area contributed by atoms with Crippen molar-refractivity contribution in [2.75, 3.05) is 19.6 Å². The van der Waals surface area contributed by atoms with Crippen molar-refractivity contribution in [2.45, 2.75) is 38.7 Å². The van der Waals surface area contributed by atoms with Crippen molar-refractivity contribution in [3.8, 4) is 22.3 Å². The fourth-order valence-corrected chi connectivity index (χ4v) is 4.48. The molecule has 32 heavy (non-hydrogen) atoms. The van der Waals surface area contributed by atoms with E-state index in [0.717, 1.165) is 73.2 Å². The molecule has 3 heterocycles. The van der Waals surface area contributed by atoms with E-state index in [1.165, 1.54) is 11.1 Å². The molecule has 0 spiro atoms. The maximum absolute atomic E-state index is 9.66. The second-order valence-corrected chi connectivity index (χ2v) is 8.74. The van der Waals surface area contributed by atoms with Gasteiger partial charge in [0.15, 0.2) is 5.65 Å². The minimum atomic E-state index is -0.108. The molecule has 1 aliphatic heterocycles. The van der Waals surface area contributed by atoms with Crippen LogP contribution in [0.15, 0.2) is 67.1 Å². The molecule has 2 aromatic heterocycles. The van der Waals surface area contributed by atoms with Gasteiger partial charge in [-0.3, -0.25) is 0 Å². The van der Waals surface area contributed by atoms with Crippen molar-refractivity contribution in [3.63, 3.8) is 0 Å². The van der Waals surface area contributed by atoms with Gasteiger partial charge >= 0.3 is 0 Å². The van der Waals surface area contributed by atoms with E-state index in [1.807, 2.05) is 16.9 Å². The fraction of sp³-hybridized carbons (Fsp3) is 0.333. The number of fused-ring (bicyclic) bond motifs is 1. The normalized spacial score (nSPS) is 15.4. The van der Waals surface area contributed by atoms with Crippen LogP contribution in [0.4, 0.5) is 0 Å². The highest BCUT2D eigenvalue weighted by molar-refractivity contribution is 5.78. The standard InChI is InChI=1S/C27H30N4O/c1-2-20-4-3-5-23(16-20)26-18-29-31-19-24(17-28-27(26)31)22-8-6-21(7-9-22)10-13-30-14-11-25(32)12-15-30/h3-9,16-19,25,32H,2,10-15H2,1H3. The van der Waals surface area contributed by atoms with Gasteiger partial charge in [-0.2, -0.15) is 5.10 Å². The van der Waals surface area contributed by atoms with Crippen molar-refractivity contribution in [1.82, 2.24) is 19.5 Å². The largest absolute Gasteiger partial charge is 0.393 e. The predicted octanol–water partition coefficient (Wildman–Crippen LogP) is 4.62. The van der Waals surface area contributed by atoms with E-state index in [1.54, 1.807) is 0 Å². The Hall–Kier alpha value is -3.02. The molecule has 0 amide bonds. The molecule has 0 atom stereocenters. The van der Waals surface area contributed by atoms with E-state index >= 15 is 0 Å². The van der Waals surface area contributed by atoms with Gasteiger partial charge < -0.3 is 10.0 Å². The topological polar surface area (TPSA) is 53.7 Å². The smallest absolute Gasteiger partial charge is 0.162 e. The van der Waals surface area contributed by atoms with E-state index in [-0.39, 0.29) is 6.10 Å². The van der Waals surface area contributed by atoms with Gasteiger partial charge in [0.05, 0.1) is 12.3 Å². The molecule has 1 fully saturated rings. The van der Waals surface area contributed by atoms with Crippen LogP contribution in [0.2, 0.25) is 0 Å². The molecule has 0 radical (unpaired) electrons. The highest BCUT2D eigenvalue weighted by atomic mass is 16.3. The number of aromatic nitrogens is 3. The Morgan fingerprint density at radius 1 is 0.938 bits per heavy atom. The van der Waals surface area contributed by atoms with Gasteiger partial charge in [-0.15, -0.1) is 0 Å². The molecule has 164 valence electrons. The molecule has 5 heteroatoms. The molecule has 2 aromatic carbocycles. The van der Waals surface area contributed by atoms with Crippen molar-refractivity contribution >= 4 is 5.65 Å². The Balaban J connectivity index is 1.30. The van der Waals surface area contributed by atoms with Crippen molar-refractivity contribution in [3.05, 3.63) is 78.2 Å². The number of rotatable bonds is 6. The lowest BCUT2D eigenvalue weighted by Crippen LogP contribution is -2.37. The third-order valence-electron chi connectivity index (χ3n) is 6.56. The zero-order chi connectivity index (χ0) is 21.9. The van der Waals surface area contributed by atoms with Gasteiger partial charge in [0.1, 0.15) is 0 Å². The number of hydrogen-bond acceptors (Lipinski definition) is 4. The molecule has 5 nitrogen and oxygen atoms in total. The number of hydrogen-bond donors (Lipinski definition) is 1. The quantitative estimate of drug-likeness (QED) is 0.489. The van der Waals surface area contributed by atoms with E-state index in [9.17, 15) is 5.11 Å². The minimum absolute atomic E-state index is 0.108. The summed E-state index contributed by atoms with van der Waals surface area (Å²) >= 11 is 0. The van der Waals surface area contributed by atoms with E-state index < -0.39 is 0 Å². The van der Waals surface area contributed by atoms with E-state index in [0.29, 0.717) is 0 Å². The molecule has 0 bridgehead atoms. The van der Waals surface area contributed by atoms with Gasteiger partial charge in [-0.1, -0.05) is 55.5 Å². The molecule has 1 aliphatic rings. The first-order chi connectivity index (χ1) is 15.7. The van der Waals surface area contributed by atoms with Crippen molar-refractivity contribution in [2.24, 2.45) is 0 Å². The summed E-state index contributed by atoms with van der Waals surface area (Å²) in [6, 6.07) is 17.4. The first-order valence-corrected chi connectivity index (χ1v) is 11.6. The molecular weight excluding hydrogens is 396 g/mol. The van der Waals surface area contributed by atoms with Gasteiger partial charge in [-0.25, -0.2) is 9.50 Å². The Morgan fingerprint density at radius 3 is 2.53 bits per heavy atom. The molecule has 0 saturated carbocycles. The second-order valence-electron chi connectivity index (χ2n) is 8.74. The van der Waals surface area contributed by atoms with Crippen LogP contribution in [0.3, 0.4) is 0 Å².